The van der Waals surface area contributed by atoms with Gasteiger partial charge < -0.3 is 15.5 Å². The van der Waals surface area contributed by atoms with Gasteiger partial charge in [0.1, 0.15) is 0 Å². The van der Waals surface area contributed by atoms with Crippen molar-refractivity contribution >= 4 is 83.3 Å². The standard InChI is InChI=1S/2Ca.H3O5P.4H/c;;1-5-6(2,3)4;;;;/h;;1H,(H2,2,3,4);;;;/q2*+2;;4*-1. The van der Waals surface area contributed by atoms with Crippen LogP contribution in [0.5, 0.6) is 0 Å². The Labute approximate surface area is 112 Å². The number of hydrogen-bond acceptors (Lipinski definition) is 3. The summed E-state index contributed by atoms with van der Waals surface area (Å²) in [6, 6.07) is 0. The molecule has 0 fully saturated rings. The molecule has 3 N–H and O–H groups in total. The fraction of sp³-hybridized carbons (Fsp3) is 0. The molecule has 0 aromatic rings. The zero-order valence-electron chi connectivity index (χ0n) is 8.02. The first-order valence-electron chi connectivity index (χ1n) is 0.948. The third-order valence-electron chi connectivity index (χ3n) is 0.106. The van der Waals surface area contributed by atoms with Gasteiger partial charge in [-0.15, -0.1) is 4.67 Å². The molecule has 0 heterocycles. The van der Waals surface area contributed by atoms with Gasteiger partial charge >= 0.3 is 83.3 Å². The normalized spacial score (nSPS) is 8.88. The Balaban J connectivity index is -0.00000000833. The summed E-state index contributed by atoms with van der Waals surface area (Å²) in [6.07, 6.45) is 0. The van der Waals surface area contributed by atoms with E-state index in [-0.39, 0.29) is 81.2 Å². The van der Waals surface area contributed by atoms with E-state index < -0.39 is 7.82 Å². The molecule has 0 saturated heterocycles. The summed E-state index contributed by atoms with van der Waals surface area (Å²) < 4.78 is 11.8. The molecule has 0 aromatic heterocycles. The van der Waals surface area contributed by atoms with Crippen LogP contribution in [0.2, 0.25) is 0 Å². The van der Waals surface area contributed by atoms with E-state index in [4.69, 9.17) is 15.0 Å². The van der Waals surface area contributed by atoms with Crippen molar-refractivity contribution in [2.45, 2.75) is 0 Å². The maximum absolute atomic E-state index is 9.22. The van der Waals surface area contributed by atoms with Gasteiger partial charge in [0, 0.05) is 0 Å². The van der Waals surface area contributed by atoms with Crippen LogP contribution in [0.25, 0.3) is 0 Å². The maximum atomic E-state index is 9.22. The van der Waals surface area contributed by atoms with Crippen LogP contribution in [0.1, 0.15) is 5.71 Å². The third kappa shape index (κ3) is 15.8. The van der Waals surface area contributed by atoms with Gasteiger partial charge in [0.2, 0.25) is 0 Å². The predicted molar refractivity (Wildman–Crippen MR) is 31.7 cm³/mol. The average Bonchev–Trinajstić information content (AvgIpc) is 1.35. The van der Waals surface area contributed by atoms with Gasteiger partial charge in [0.15, 0.2) is 0 Å². The Kier molecular flexibility index (Phi) is 16.3. The largest absolute Gasteiger partial charge is 2.00 e. The fourth-order valence-electron chi connectivity index (χ4n) is 0. The Morgan fingerprint density at radius 1 is 1.38 bits per heavy atom. The van der Waals surface area contributed by atoms with E-state index in [9.17, 15) is 4.57 Å². The van der Waals surface area contributed by atoms with Gasteiger partial charge in [-0.2, -0.15) is 0 Å². The molecule has 0 saturated carbocycles. The molecule has 46 valence electrons. The van der Waals surface area contributed by atoms with Crippen LogP contribution in [-0.4, -0.2) is 90.5 Å². The van der Waals surface area contributed by atoms with Gasteiger partial charge in [-0.05, 0) is 0 Å². The van der Waals surface area contributed by atoms with E-state index in [1.54, 1.807) is 0 Å². The van der Waals surface area contributed by atoms with Crippen molar-refractivity contribution in [3.8, 4) is 0 Å². The van der Waals surface area contributed by atoms with Crippen molar-refractivity contribution in [3.05, 3.63) is 0 Å². The topological polar surface area (TPSA) is 87.0 Å². The molecule has 0 amide bonds. The molecule has 0 rings (SSSR count). The summed E-state index contributed by atoms with van der Waals surface area (Å²) in [5, 5.41) is 7.14. The SMILES string of the molecule is O=P(O)(O)OO.[Ca+2].[Ca+2].[H-].[H-].[H-].[H-]. The first kappa shape index (κ1) is 16.9. The van der Waals surface area contributed by atoms with Crippen LogP contribution in [-0.2, 0) is 9.24 Å². The van der Waals surface area contributed by atoms with E-state index in [0.29, 0.717) is 0 Å². The minimum Gasteiger partial charge on any atom is -1.00 e. The number of hydrogen-bond donors (Lipinski definition) is 3. The van der Waals surface area contributed by atoms with Crippen LogP contribution in [0.3, 0.4) is 0 Å². The molecule has 0 aliphatic heterocycles. The predicted octanol–water partition coefficient (Wildman–Crippen LogP) is -0.743. The molecule has 0 aromatic carbocycles. The van der Waals surface area contributed by atoms with Crippen molar-refractivity contribution in [2.75, 3.05) is 0 Å². The number of rotatable bonds is 1. The van der Waals surface area contributed by atoms with Gasteiger partial charge in [0.25, 0.3) is 0 Å². The molecule has 8 heteroatoms. The molecule has 0 bridgehead atoms. The minimum atomic E-state index is -4.59. The van der Waals surface area contributed by atoms with Gasteiger partial charge in [-0.25, -0.2) is 9.82 Å². The maximum Gasteiger partial charge on any atom is 2.00 e. The van der Waals surface area contributed by atoms with E-state index in [0.717, 1.165) is 0 Å². The second kappa shape index (κ2) is 7.69. The number of phosphoric acid groups is 1. The fourth-order valence-corrected chi connectivity index (χ4v) is 0. The molecule has 8 heavy (non-hydrogen) atoms. The Hall–Kier alpha value is 2.59. The molecular formula is H7Ca2O5P. The molecule has 0 radical (unpaired) electrons. The van der Waals surface area contributed by atoms with Gasteiger partial charge in [-0.1, -0.05) is 0 Å². The van der Waals surface area contributed by atoms with Crippen molar-refractivity contribution in [2.24, 2.45) is 0 Å². The van der Waals surface area contributed by atoms with Crippen LogP contribution in [0, 0.1) is 0 Å². The molecular weight excluding hydrogens is 191 g/mol. The summed E-state index contributed by atoms with van der Waals surface area (Å²) in [6.45, 7) is 0. The summed E-state index contributed by atoms with van der Waals surface area (Å²) in [5.41, 5.74) is 0. The first-order valence-corrected chi connectivity index (χ1v) is 2.48. The Morgan fingerprint density at radius 3 is 1.50 bits per heavy atom. The summed E-state index contributed by atoms with van der Waals surface area (Å²) >= 11 is 0. The van der Waals surface area contributed by atoms with Crippen molar-refractivity contribution < 1.29 is 30.0 Å². The smallest absolute Gasteiger partial charge is 1.00 e. The minimum absolute atomic E-state index is 0. The molecule has 0 atom stereocenters. The molecule has 5 nitrogen and oxygen atoms in total. The van der Waals surface area contributed by atoms with E-state index in [1.807, 2.05) is 0 Å². The second-order valence-corrected chi connectivity index (χ2v) is 1.72. The molecule has 0 spiro atoms. The van der Waals surface area contributed by atoms with Gasteiger partial charge in [-0.3, -0.25) is 0 Å². The van der Waals surface area contributed by atoms with Crippen molar-refractivity contribution in [1.29, 1.82) is 0 Å². The monoisotopic (exact) mass is 198 g/mol. The molecule has 0 aliphatic rings. The summed E-state index contributed by atoms with van der Waals surface area (Å²) in [5.74, 6) is 0. The molecule has 0 unspecified atom stereocenters. The molecule has 0 aliphatic carbocycles. The van der Waals surface area contributed by atoms with Crippen LogP contribution < -0.4 is 0 Å². The van der Waals surface area contributed by atoms with Crippen LogP contribution in [0.15, 0.2) is 0 Å². The average molecular weight is 198 g/mol. The third-order valence-corrected chi connectivity index (χ3v) is 0.319. The van der Waals surface area contributed by atoms with E-state index in [2.05, 4.69) is 4.67 Å². The second-order valence-electron chi connectivity index (χ2n) is 0.572. The van der Waals surface area contributed by atoms with Crippen LogP contribution in [0.4, 0.5) is 0 Å². The Morgan fingerprint density at radius 2 is 1.50 bits per heavy atom. The van der Waals surface area contributed by atoms with Crippen molar-refractivity contribution in [3.63, 3.8) is 0 Å². The van der Waals surface area contributed by atoms with Crippen molar-refractivity contribution in [1.82, 2.24) is 0 Å². The summed E-state index contributed by atoms with van der Waals surface area (Å²) in [7, 11) is -4.59. The van der Waals surface area contributed by atoms with E-state index in [1.165, 1.54) is 0 Å². The summed E-state index contributed by atoms with van der Waals surface area (Å²) in [4.78, 5) is 14.9. The van der Waals surface area contributed by atoms with Crippen LogP contribution >= 0.6 is 7.82 Å². The van der Waals surface area contributed by atoms with Gasteiger partial charge in [0.05, 0.1) is 0 Å². The Bertz CT molecular complexity index is 85.5. The zero-order valence-corrected chi connectivity index (χ0v) is 9.33. The van der Waals surface area contributed by atoms with E-state index >= 15 is 0 Å². The zero-order chi connectivity index (χ0) is 5.21. The quantitative estimate of drug-likeness (QED) is 0.223. The first-order chi connectivity index (χ1) is 2.56.